The molecule has 1 aliphatic rings. The molecule has 1 aliphatic carbocycles. The second-order valence-electron chi connectivity index (χ2n) is 2.13. The number of rotatable bonds is 2. The second kappa shape index (κ2) is 3.77. The third kappa shape index (κ3) is 1.97. The van der Waals surface area contributed by atoms with Crippen LogP contribution in [0.15, 0.2) is 41.6 Å². The minimum Gasteiger partial charge on any atom is -0.151 e. The van der Waals surface area contributed by atoms with Crippen LogP contribution in [0.1, 0.15) is 0 Å². The summed E-state index contributed by atoms with van der Waals surface area (Å²) in [7, 11) is 0. The molecule has 1 rings (SSSR count). The summed E-state index contributed by atoms with van der Waals surface area (Å²) in [5, 5.41) is 2.82. The summed E-state index contributed by atoms with van der Waals surface area (Å²) in [5.41, 5.74) is 0. The molecule has 0 fully saturated rings. The standard InChI is InChI=1S/C8H9NO/c10-9-7-8-5-3-1-2-4-6-8/h1-6,8H,7H2. The number of nitroso groups, excluding NO2 is 1. The largest absolute Gasteiger partial charge is 0.151 e. The normalized spacial score (nSPS) is 17.2. The summed E-state index contributed by atoms with van der Waals surface area (Å²) in [4.78, 5) is 9.85. The van der Waals surface area contributed by atoms with Gasteiger partial charge < -0.3 is 0 Å². The lowest BCUT2D eigenvalue weighted by molar-refractivity contribution is 0.817. The first kappa shape index (κ1) is 6.93. The van der Waals surface area contributed by atoms with Crippen molar-refractivity contribution in [2.75, 3.05) is 6.54 Å². The van der Waals surface area contributed by atoms with Crippen molar-refractivity contribution >= 4 is 0 Å². The van der Waals surface area contributed by atoms with Crippen molar-refractivity contribution in [2.24, 2.45) is 11.1 Å². The number of hydrogen-bond acceptors (Lipinski definition) is 2. The Morgan fingerprint density at radius 3 is 2.20 bits per heavy atom. The quantitative estimate of drug-likeness (QED) is 0.533. The van der Waals surface area contributed by atoms with Gasteiger partial charge in [0, 0.05) is 5.92 Å². The molecule has 10 heavy (non-hydrogen) atoms. The van der Waals surface area contributed by atoms with Crippen LogP contribution in [0.2, 0.25) is 0 Å². The molecule has 2 nitrogen and oxygen atoms in total. The molecular weight excluding hydrogens is 126 g/mol. The lowest BCUT2D eigenvalue weighted by Gasteiger charge is -1.96. The highest BCUT2D eigenvalue weighted by Crippen LogP contribution is 2.05. The van der Waals surface area contributed by atoms with Crippen molar-refractivity contribution in [1.29, 1.82) is 0 Å². The van der Waals surface area contributed by atoms with Crippen molar-refractivity contribution in [3.05, 3.63) is 41.4 Å². The maximum absolute atomic E-state index is 9.85. The van der Waals surface area contributed by atoms with Crippen molar-refractivity contribution < 1.29 is 0 Å². The van der Waals surface area contributed by atoms with Crippen LogP contribution in [0.4, 0.5) is 0 Å². The van der Waals surface area contributed by atoms with Gasteiger partial charge in [0.15, 0.2) is 0 Å². The molecule has 0 aromatic rings. The highest BCUT2D eigenvalue weighted by molar-refractivity contribution is 5.19. The van der Waals surface area contributed by atoms with E-state index in [2.05, 4.69) is 5.18 Å². The molecule has 0 saturated heterocycles. The number of nitrogens with zero attached hydrogens (tertiary/aromatic N) is 1. The minimum atomic E-state index is 0.187. The van der Waals surface area contributed by atoms with Gasteiger partial charge in [-0.05, 0) is 0 Å². The van der Waals surface area contributed by atoms with E-state index in [9.17, 15) is 4.91 Å². The minimum absolute atomic E-state index is 0.187. The van der Waals surface area contributed by atoms with Crippen molar-refractivity contribution in [2.45, 2.75) is 0 Å². The monoisotopic (exact) mass is 135 g/mol. The molecule has 0 unspecified atom stereocenters. The summed E-state index contributed by atoms with van der Waals surface area (Å²) >= 11 is 0. The molecule has 0 radical (unpaired) electrons. The van der Waals surface area contributed by atoms with E-state index >= 15 is 0 Å². The van der Waals surface area contributed by atoms with E-state index in [0.29, 0.717) is 6.54 Å². The molecule has 0 aliphatic heterocycles. The van der Waals surface area contributed by atoms with Crippen LogP contribution in [-0.2, 0) is 0 Å². The zero-order valence-electron chi connectivity index (χ0n) is 5.60. The van der Waals surface area contributed by atoms with Gasteiger partial charge in [-0.2, -0.15) is 4.91 Å². The molecule has 0 heterocycles. The van der Waals surface area contributed by atoms with Crippen LogP contribution in [-0.4, -0.2) is 6.54 Å². The summed E-state index contributed by atoms with van der Waals surface area (Å²) < 4.78 is 0. The fourth-order valence-electron chi connectivity index (χ4n) is 0.814. The Kier molecular flexibility index (Phi) is 2.62. The van der Waals surface area contributed by atoms with Gasteiger partial charge in [-0.1, -0.05) is 41.6 Å². The number of hydrogen-bond donors (Lipinski definition) is 0. The van der Waals surface area contributed by atoms with Crippen LogP contribution < -0.4 is 0 Å². The molecular formula is C8H9NO. The van der Waals surface area contributed by atoms with E-state index in [1.165, 1.54) is 0 Å². The summed E-state index contributed by atoms with van der Waals surface area (Å²) in [5.74, 6) is 0.187. The van der Waals surface area contributed by atoms with Crippen molar-refractivity contribution in [3.8, 4) is 0 Å². The van der Waals surface area contributed by atoms with Gasteiger partial charge >= 0.3 is 0 Å². The Hall–Kier alpha value is -1.18. The Bertz CT molecular complexity index is 175. The van der Waals surface area contributed by atoms with Crippen LogP contribution >= 0.6 is 0 Å². The topological polar surface area (TPSA) is 29.4 Å². The molecule has 0 atom stereocenters. The number of allylic oxidation sites excluding steroid dienone is 4. The molecule has 0 saturated carbocycles. The Labute approximate surface area is 59.9 Å². The van der Waals surface area contributed by atoms with Gasteiger partial charge in [0.25, 0.3) is 0 Å². The van der Waals surface area contributed by atoms with Gasteiger partial charge in [-0.3, -0.25) is 0 Å². The maximum Gasteiger partial charge on any atom is 0.0908 e. The second-order valence-corrected chi connectivity index (χ2v) is 2.13. The summed E-state index contributed by atoms with van der Waals surface area (Å²) in [6.07, 6.45) is 11.6. The predicted molar refractivity (Wildman–Crippen MR) is 41.6 cm³/mol. The molecule has 0 N–H and O–H groups in total. The van der Waals surface area contributed by atoms with E-state index in [-0.39, 0.29) is 5.92 Å². The van der Waals surface area contributed by atoms with Crippen LogP contribution in [0.25, 0.3) is 0 Å². The Morgan fingerprint density at radius 1 is 1.10 bits per heavy atom. The molecule has 0 aromatic carbocycles. The highest BCUT2D eigenvalue weighted by Gasteiger charge is 1.98. The fourth-order valence-corrected chi connectivity index (χ4v) is 0.814. The van der Waals surface area contributed by atoms with Gasteiger partial charge in [0.05, 0.1) is 6.54 Å². The van der Waals surface area contributed by atoms with Crippen LogP contribution in [0, 0.1) is 10.8 Å². The molecule has 0 bridgehead atoms. The third-order valence-electron chi connectivity index (χ3n) is 1.34. The average molecular weight is 135 g/mol. The molecule has 0 amide bonds. The molecule has 0 aromatic heterocycles. The van der Waals surface area contributed by atoms with Gasteiger partial charge in [-0.25, -0.2) is 0 Å². The molecule has 52 valence electrons. The lowest BCUT2D eigenvalue weighted by Crippen LogP contribution is -1.94. The van der Waals surface area contributed by atoms with Gasteiger partial charge in [0.1, 0.15) is 0 Å². The van der Waals surface area contributed by atoms with Gasteiger partial charge in [0.2, 0.25) is 0 Å². The maximum atomic E-state index is 9.85. The van der Waals surface area contributed by atoms with E-state index in [0.717, 1.165) is 0 Å². The summed E-state index contributed by atoms with van der Waals surface area (Å²) in [6.45, 7) is 0.342. The van der Waals surface area contributed by atoms with E-state index in [4.69, 9.17) is 0 Å². The van der Waals surface area contributed by atoms with Crippen molar-refractivity contribution in [1.82, 2.24) is 0 Å². The first-order valence-corrected chi connectivity index (χ1v) is 3.24. The zero-order chi connectivity index (χ0) is 7.23. The van der Waals surface area contributed by atoms with Gasteiger partial charge in [-0.15, -0.1) is 0 Å². The third-order valence-corrected chi connectivity index (χ3v) is 1.34. The summed E-state index contributed by atoms with van der Waals surface area (Å²) in [6, 6.07) is 0. The fraction of sp³-hybridized carbons (Fsp3) is 0.250. The Morgan fingerprint density at radius 2 is 1.70 bits per heavy atom. The Balaban J connectivity index is 2.54. The zero-order valence-corrected chi connectivity index (χ0v) is 5.60. The van der Waals surface area contributed by atoms with Crippen molar-refractivity contribution in [3.63, 3.8) is 0 Å². The van der Waals surface area contributed by atoms with E-state index < -0.39 is 0 Å². The highest BCUT2D eigenvalue weighted by atomic mass is 16.3. The molecule has 0 spiro atoms. The lowest BCUT2D eigenvalue weighted by atomic mass is 10.1. The van der Waals surface area contributed by atoms with E-state index in [1.54, 1.807) is 0 Å². The van der Waals surface area contributed by atoms with E-state index in [1.807, 2.05) is 36.5 Å². The predicted octanol–water partition coefficient (Wildman–Crippen LogP) is 2.05. The first-order chi connectivity index (χ1) is 4.93. The molecule has 2 heteroatoms. The first-order valence-electron chi connectivity index (χ1n) is 3.24. The van der Waals surface area contributed by atoms with Crippen LogP contribution in [0.3, 0.4) is 0 Å². The average Bonchev–Trinajstić information content (AvgIpc) is 2.17. The van der Waals surface area contributed by atoms with Crippen LogP contribution in [0.5, 0.6) is 0 Å². The SMILES string of the molecule is O=NCC1C=CC=CC=C1. The smallest absolute Gasteiger partial charge is 0.0908 e.